The van der Waals surface area contributed by atoms with E-state index in [2.05, 4.69) is 18.9 Å². The highest BCUT2D eigenvalue weighted by Crippen LogP contribution is 2.34. The number of rotatable bonds is 7. The topological polar surface area (TPSA) is 42.0 Å². The second-order valence-electron chi connectivity index (χ2n) is 6.73. The summed E-state index contributed by atoms with van der Waals surface area (Å²) in [5.74, 6) is 1.54. The van der Waals surface area contributed by atoms with Gasteiger partial charge in [-0.2, -0.15) is 0 Å². The van der Waals surface area contributed by atoms with E-state index in [1.54, 1.807) is 0 Å². The zero-order valence-electron chi connectivity index (χ0n) is 16.4. The van der Waals surface area contributed by atoms with Gasteiger partial charge < -0.3 is 19.3 Å². The summed E-state index contributed by atoms with van der Waals surface area (Å²) in [6.07, 6.45) is 1.09. The Labute approximate surface area is 161 Å². The van der Waals surface area contributed by atoms with Gasteiger partial charge in [0.05, 0.1) is 0 Å². The minimum Gasteiger partial charge on any atom is -0.486 e. The fourth-order valence-corrected chi connectivity index (χ4v) is 3.30. The lowest BCUT2D eigenvalue weighted by atomic mass is 10.1. The maximum Gasteiger partial charge on any atom is 0.254 e. The summed E-state index contributed by atoms with van der Waals surface area (Å²) in [4.78, 5) is 17.0. The summed E-state index contributed by atoms with van der Waals surface area (Å²) in [7, 11) is 2.07. The molecule has 5 heteroatoms. The van der Waals surface area contributed by atoms with Crippen molar-refractivity contribution in [1.29, 1.82) is 0 Å². The first kappa shape index (κ1) is 19.1. The van der Waals surface area contributed by atoms with Crippen LogP contribution in [-0.2, 0) is 6.54 Å². The summed E-state index contributed by atoms with van der Waals surface area (Å²) in [5.41, 5.74) is 2.80. The van der Waals surface area contributed by atoms with E-state index < -0.39 is 0 Å². The predicted molar refractivity (Wildman–Crippen MR) is 108 cm³/mol. The van der Waals surface area contributed by atoms with Crippen molar-refractivity contribution in [3.05, 3.63) is 53.6 Å². The Balaban J connectivity index is 1.75. The van der Waals surface area contributed by atoms with E-state index >= 15 is 0 Å². The van der Waals surface area contributed by atoms with E-state index in [9.17, 15) is 4.79 Å². The first-order chi connectivity index (χ1) is 13.1. The Hall–Kier alpha value is -2.69. The predicted octanol–water partition coefficient (Wildman–Crippen LogP) is 3.97. The molecule has 1 amide bonds. The number of fused-ring (bicyclic) bond motifs is 1. The standard InChI is InChI=1S/C22H28N2O3/c1-4-13-23(3)19-11-9-17(10-12-19)22(25)24(5-2)16-18-7-6-8-20-21(18)27-15-14-26-20/h6-12H,4-5,13-16H2,1-3H3. The second-order valence-corrected chi connectivity index (χ2v) is 6.73. The molecule has 2 aromatic carbocycles. The van der Waals surface area contributed by atoms with Crippen molar-refractivity contribution in [3.63, 3.8) is 0 Å². The Morgan fingerprint density at radius 2 is 1.78 bits per heavy atom. The van der Waals surface area contributed by atoms with E-state index in [0.29, 0.717) is 31.9 Å². The summed E-state index contributed by atoms with van der Waals surface area (Å²) < 4.78 is 11.4. The van der Waals surface area contributed by atoms with Gasteiger partial charge in [0, 0.05) is 43.5 Å². The number of para-hydroxylation sites is 1. The molecular weight excluding hydrogens is 340 g/mol. The zero-order valence-corrected chi connectivity index (χ0v) is 16.4. The fraction of sp³-hybridized carbons (Fsp3) is 0.409. The lowest BCUT2D eigenvalue weighted by molar-refractivity contribution is 0.0749. The second kappa shape index (κ2) is 8.80. The molecule has 0 saturated carbocycles. The monoisotopic (exact) mass is 368 g/mol. The minimum absolute atomic E-state index is 0.0246. The van der Waals surface area contributed by atoms with Crippen molar-refractivity contribution in [1.82, 2.24) is 4.90 Å². The highest BCUT2D eigenvalue weighted by atomic mass is 16.6. The Bertz CT molecular complexity index is 774. The van der Waals surface area contributed by atoms with Crippen LogP contribution in [-0.4, -0.2) is 44.2 Å². The number of hydrogen-bond acceptors (Lipinski definition) is 4. The van der Waals surface area contributed by atoms with Crippen LogP contribution in [0.3, 0.4) is 0 Å². The van der Waals surface area contributed by atoms with Gasteiger partial charge >= 0.3 is 0 Å². The van der Waals surface area contributed by atoms with Crippen LogP contribution in [0.1, 0.15) is 36.2 Å². The number of carbonyl (C=O) groups excluding carboxylic acids is 1. The maximum atomic E-state index is 13.0. The molecule has 1 aliphatic rings. The van der Waals surface area contributed by atoms with Gasteiger partial charge in [0.15, 0.2) is 11.5 Å². The molecule has 0 aromatic heterocycles. The van der Waals surface area contributed by atoms with Gasteiger partial charge in [-0.05, 0) is 43.7 Å². The largest absolute Gasteiger partial charge is 0.486 e. The third kappa shape index (κ3) is 4.35. The maximum absolute atomic E-state index is 13.0. The molecule has 5 nitrogen and oxygen atoms in total. The molecule has 0 radical (unpaired) electrons. The molecule has 0 unspecified atom stereocenters. The van der Waals surface area contributed by atoms with Gasteiger partial charge in [-0.15, -0.1) is 0 Å². The van der Waals surface area contributed by atoms with Gasteiger partial charge in [0.2, 0.25) is 0 Å². The molecule has 1 heterocycles. The Morgan fingerprint density at radius 3 is 2.48 bits per heavy atom. The summed E-state index contributed by atoms with van der Waals surface area (Å²) in [6, 6.07) is 13.7. The van der Waals surface area contributed by atoms with Gasteiger partial charge in [0.25, 0.3) is 5.91 Å². The van der Waals surface area contributed by atoms with E-state index in [0.717, 1.165) is 35.7 Å². The van der Waals surface area contributed by atoms with Gasteiger partial charge in [-0.1, -0.05) is 19.1 Å². The number of ether oxygens (including phenoxy) is 2. The zero-order chi connectivity index (χ0) is 19.2. The Kier molecular flexibility index (Phi) is 6.22. The molecule has 0 saturated heterocycles. The van der Waals surface area contributed by atoms with Crippen LogP contribution in [0.5, 0.6) is 11.5 Å². The molecular formula is C22H28N2O3. The number of amides is 1. The van der Waals surface area contributed by atoms with Crippen LogP contribution in [0.2, 0.25) is 0 Å². The average molecular weight is 368 g/mol. The lowest BCUT2D eigenvalue weighted by Crippen LogP contribution is -2.31. The number of nitrogens with zero attached hydrogens (tertiary/aromatic N) is 2. The van der Waals surface area contributed by atoms with Crippen molar-refractivity contribution in [2.75, 3.05) is 38.3 Å². The molecule has 0 N–H and O–H groups in total. The smallest absolute Gasteiger partial charge is 0.254 e. The van der Waals surface area contributed by atoms with Crippen molar-refractivity contribution in [3.8, 4) is 11.5 Å². The van der Waals surface area contributed by atoms with Gasteiger partial charge in [-0.25, -0.2) is 0 Å². The quantitative estimate of drug-likeness (QED) is 0.742. The highest BCUT2D eigenvalue weighted by Gasteiger charge is 2.20. The first-order valence-corrected chi connectivity index (χ1v) is 9.62. The van der Waals surface area contributed by atoms with Crippen molar-refractivity contribution in [2.45, 2.75) is 26.8 Å². The molecule has 0 spiro atoms. The molecule has 0 atom stereocenters. The first-order valence-electron chi connectivity index (χ1n) is 9.62. The molecule has 144 valence electrons. The summed E-state index contributed by atoms with van der Waals surface area (Å²) in [6.45, 7) is 7.37. The number of hydrogen-bond donors (Lipinski definition) is 0. The van der Waals surface area contributed by atoms with Crippen LogP contribution >= 0.6 is 0 Å². The van der Waals surface area contributed by atoms with Crippen LogP contribution < -0.4 is 14.4 Å². The third-order valence-electron chi connectivity index (χ3n) is 4.79. The normalized spacial score (nSPS) is 12.6. The average Bonchev–Trinajstić information content (AvgIpc) is 2.72. The van der Waals surface area contributed by atoms with E-state index in [4.69, 9.17) is 9.47 Å². The van der Waals surface area contributed by atoms with Crippen LogP contribution in [0.15, 0.2) is 42.5 Å². The number of carbonyl (C=O) groups is 1. The lowest BCUT2D eigenvalue weighted by Gasteiger charge is -2.25. The summed E-state index contributed by atoms with van der Waals surface area (Å²) in [5, 5.41) is 0. The minimum atomic E-state index is 0.0246. The third-order valence-corrected chi connectivity index (χ3v) is 4.79. The Morgan fingerprint density at radius 1 is 1.04 bits per heavy atom. The van der Waals surface area contributed by atoms with Crippen molar-refractivity contribution < 1.29 is 14.3 Å². The SMILES string of the molecule is CCCN(C)c1ccc(C(=O)N(CC)Cc2cccc3c2OCCO3)cc1. The van der Waals surface area contributed by atoms with Gasteiger partial charge in [-0.3, -0.25) is 4.79 Å². The summed E-state index contributed by atoms with van der Waals surface area (Å²) >= 11 is 0. The number of anilines is 1. The highest BCUT2D eigenvalue weighted by molar-refractivity contribution is 5.94. The molecule has 2 aromatic rings. The molecule has 27 heavy (non-hydrogen) atoms. The molecule has 1 aliphatic heterocycles. The van der Waals surface area contributed by atoms with Crippen molar-refractivity contribution >= 4 is 11.6 Å². The van der Waals surface area contributed by atoms with Crippen molar-refractivity contribution in [2.24, 2.45) is 0 Å². The molecule has 0 fully saturated rings. The van der Waals surface area contributed by atoms with Crippen LogP contribution in [0.25, 0.3) is 0 Å². The molecule has 0 bridgehead atoms. The van der Waals surface area contributed by atoms with Gasteiger partial charge in [0.1, 0.15) is 13.2 Å². The van der Waals surface area contributed by atoms with Crippen LogP contribution in [0, 0.1) is 0 Å². The molecule has 3 rings (SSSR count). The van der Waals surface area contributed by atoms with Crippen LogP contribution in [0.4, 0.5) is 5.69 Å². The van der Waals surface area contributed by atoms with E-state index in [1.807, 2.05) is 54.3 Å². The molecule has 0 aliphatic carbocycles. The number of benzene rings is 2. The van der Waals surface area contributed by atoms with E-state index in [-0.39, 0.29) is 5.91 Å². The van der Waals surface area contributed by atoms with E-state index in [1.165, 1.54) is 0 Å². The fourth-order valence-electron chi connectivity index (χ4n) is 3.30.